The predicted octanol–water partition coefficient (Wildman–Crippen LogP) is 3.05. The highest BCUT2D eigenvalue weighted by molar-refractivity contribution is 6.03. The summed E-state index contributed by atoms with van der Waals surface area (Å²) in [6.07, 6.45) is 0. The van der Waals surface area contributed by atoms with Crippen LogP contribution in [0.15, 0.2) is 48.5 Å². The van der Waals surface area contributed by atoms with E-state index in [4.69, 9.17) is 11.5 Å². The maximum absolute atomic E-state index is 12.4. The molecule has 7 heteroatoms. The van der Waals surface area contributed by atoms with Crippen LogP contribution in [0, 0.1) is 6.92 Å². The summed E-state index contributed by atoms with van der Waals surface area (Å²) in [6, 6.07) is 14.9. The van der Waals surface area contributed by atoms with Gasteiger partial charge in [0.05, 0.1) is 0 Å². The van der Waals surface area contributed by atoms with E-state index in [1.165, 1.54) is 0 Å². The molecule has 0 atom stereocenters. The third kappa shape index (κ3) is 4.13. The first-order chi connectivity index (χ1) is 13.8. The molecule has 0 bridgehead atoms. The molecule has 0 aliphatic rings. The summed E-state index contributed by atoms with van der Waals surface area (Å²) in [5, 5.41) is 7.40. The standard InChI is InChI=1S/C22H25N5O2/c1-13(2)27-20(23)18(21(24)28)19(26-27)16-10-8-15(9-11-16)12-25-22(29)17-7-5-4-6-14(17)3/h4-11,13H,12,23H2,1-3H3,(H2,24,28)(H,25,29). The van der Waals surface area contributed by atoms with Crippen LogP contribution < -0.4 is 16.8 Å². The maximum Gasteiger partial charge on any atom is 0.254 e. The number of nitrogens with zero attached hydrogens (tertiary/aromatic N) is 2. The molecule has 2 amide bonds. The van der Waals surface area contributed by atoms with Gasteiger partial charge in [0.2, 0.25) is 0 Å². The minimum atomic E-state index is -0.612. The monoisotopic (exact) mass is 391 g/mol. The minimum Gasteiger partial charge on any atom is -0.383 e. The number of nitrogens with two attached hydrogens (primary N) is 2. The Morgan fingerprint density at radius 1 is 1.10 bits per heavy atom. The molecule has 0 aliphatic heterocycles. The number of rotatable bonds is 6. The molecule has 7 nitrogen and oxygen atoms in total. The Balaban J connectivity index is 1.79. The molecule has 0 unspecified atom stereocenters. The summed E-state index contributed by atoms with van der Waals surface area (Å²) < 4.78 is 1.59. The van der Waals surface area contributed by atoms with Crippen molar-refractivity contribution >= 4 is 17.6 Å². The Morgan fingerprint density at radius 2 is 1.76 bits per heavy atom. The molecule has 3 rings (SSSR count). The van der Waals surface area contributed by atoms with Crippen molar-refractivity contribution in [1.82, 2.24) is 15.1 Å². The molecule has 1 aromatic heterocycles. The molecular weight excluding hydrogens is 366 g/mol. The number of carbonyl (C=O) groups is 2. The molecule has 0 radical (unpaired) electrons. The van der Waals surface area contributed by atoms with Gasteiger partial charge in [-0.1, -0.05) is 42.5 Å². The zero-order chi connectivity index (χ0) is 21.1. The van der Waals surface area contributed by atoms with E-state index < -0.39 is 5.91 Å². The molecule has 3 aromatic rings. The van der Waals surface area contributed by atoms with E-state index in [1.54, 1.807) is 10.7 Å². The van der Waals surface area contributed by atoms with Gasteiger partial charge in [-0.25, -0.2) is 4.68 Å². The maximum atomic E-state index is 12.4. The SMILES string of the molecule is Cc1ccccc1C(=O)NCc1ccc(-c2nn(C(C)C)c(N)c2C(N)=O)cc1. The van der Waals surface area contributed by atoms with Crippen molar-refractivity contribution in [3.8, 4) is 11.3 Å². The van der Waals surface area contributed by atoms with Gasteiger partial charge in [0.15, 0.2) is 0 Å². The number of aromatic nitrogens is 2. The Morgan fingerprint density at radius 3 is 2.34 bits per heavy atom. The first-order valence-corrected chi connectivity index (χ1v) is 9.40. The van der Waals surface area contributed by atoms with Crippen LogP contribution in [0.5, 0.6) is 0 Å². The van der Waals surface area contributed by atoms with E-state index in [2.05, 4.69) is 10.4 Å². The van der Waals surface area contributed by atoms with Gasteiger partial charge in [-0.2, -0.15) is 5.10 Å². The lowest BCUT2D eigenvalue weighted by Gasteiger charge is -2.08. The second-order valence-corrected chi connectivity index (χ2v) is 7.21. The molecular formula is C22H25N5O2. The number of hydrogen-bond acceptors (Lipinski definition) is 4. The van der Waals surface area contributed by atoms with Gasteiger partial charge in [-0.15, -0.1) is 0 Å². The molecule has 0 spiro atoms. The fraction of sp³-hybridized carbons (Fsp3) is 0.227. The van der Waals surface area contributed by atoms with Crippen LogP contribution in [0.4, 0.5) is 5.82 Å². The number of amides is 2. The topological polar surface area (TPSA) is 116 Å². The molecule has 0 fully saturated rings. The van der Waals surface area contributed by atoms with Crippen LogP contribution in [0.25, 0.3) is 11.3 Å². The van der Waals surface area contributed by atoms with Crippen molar-refractivity contribution in [3.63, 3.8) is 0 Å². The van der Waals surface area contributed by atoms with Gasteiger partial charge in [0, 0.05) is 23.7 Å². The Hall–Kier alpha value is -3.61. The van der Waals surface area contributed by atoms with Crippen molar-refractivity contribution in [2.45, 2.75) is 33.4 Å². The Kier molecular flexibility index (Phi) is 5.68. The first kappa shape index (κ1) is 20.1. The summed E-state index contributed by atoms with van der Waals surface area (Å²) in [5.41, 5.74) is 15.5. The highest BCUT2D eigenvalue weighted by Crippen LogP contribution is 2.29. The van der Waals surface area contributed by atoms with Gasteiger partial charge in [-0.3, -0.25) is 9.59 Å². The van der Waals surface area contributed by atoms with Crippen LogP contribution in [-0.4, -0.2) is 21.6 Å². The van der Waals surface area contributed by atoms with Crippen molar-refractivity contribution in [1.29, 1.82) is 0 Å². The third-order valence-corrected chi connectivity index (χ3v) is 4.75. The average molecular weight is 391 g/mol. The molecule has 29 heavy (non-hydrogen) atoms. The molecule has 0 saturated heterocycles. The predicted molar refractivity (Wildman–Crippen MR) is 113 cm³/mol. The van der Waals surface area contributed by atoms with Crippen LogP contribution in [0.1, 0.15) is 51.7 Å². The lowest BCUT2D eigenvalue weighted by atomic mass is 10.0. The zero-order valence-electron chi connectivity index (χ0n) is 16.8. The highest BCUT2D eigenvalue weighted by Gasteiger charge is 2.22. The van der Waals surface area contributed by atoms with E-state index >= 15 is 0 Å². The molecule has 0 saturated carbocycles. The number of primary amides is 1. The van der Waals surface area contributed by atoms with Crippen molar-refractivity contribution in [3.05, 3.63) is 70.8 Å². The minimum absolute atomic E-state index is 0.00206. The van der Waals surface area contributed by atoms with Crippen LogP contribution in [0.3, 0.4) is 0 Å². The van der Waals surface area contributed by atoms with Crippen molar-refractivity contribution in [2.75, 3.05) is 5.73 Å². The Bertz CT molecular complexity index is 1050. The second-order valence-electron chi connectivity index (χ2n) is 7.21. The fourth-order valence-corrected chi connectivity index (χ4v) is 3.17. The zero-order valence-corrected chi connectivity index (χ0v) is 16.8. The number of nitrogen functional groups attached to an aromatic ring is 1. The van der Waals surface area contributed by atoms with E-state index in [0.29, 0.717) is 17.8 Å². The molecule has 1 heterocycles. The van der Waals surface area contributed by atoms with Crippen LogP contribution in [-0.2, 0) is 6.54 Å². The lowest BCUT2D eigenvalue weighted by molar-refractivity contribution is 0.0949. The molecule has 2 aromatic carbocycles. The molecule has 150 valence electrons. The number of benzene rings is 2. The molecule has 0 aliphatic carbocycles. The van der Waals surface area contributed by atoms with Gasteiger partial charge in [-0.05, 0) is 38.0 Å². The van der Waals surface area contributed by atoms with E-state index in [9.17, 15) is 9.59 Å². The highest BCUT2D eigenvalue weighted by atomic mass is 16.2. The number of nitrogens with one attached hydrogen (secondary N) is 1. The van der Waals surface area contributed by atoms with E-state index in [1.807, 2.05) is 63.2 Å². The quantitative estimate of drug-likeness (QED) is 0.599. The van der Waals surface area contributed by atoms with E-state index in [-0.39, 0.29) is 23.3 Å². The van der Waals surface area contributed by atoms with E-state index in [0.717, 1.165) is 16.7 Å². The van der Waals surface area contributed by atoms with Crippen molar-refractivity contribution < 1.29 is 9.59 Å². The second kappa shape index (κ2) is 8.18. The normalized spacial score (nSPS) is 10.9. The third-order valence-electron chi connectivity index (χ3n) is 4.75. The van der Waals surface area contributed by atoms with Gasteiger partial charge < -0.3 is 16.8 Å². The summed E-state index contributed by atoms with van der Waals surface area (Å²) >= 11 is 0. The van der Waals surface area contributed by atoms with Gasteiger partial charge in [0.1, 0.15) is 17.1 Å². The van der Waals surface area contributed by atoms with Crippen LogP contribution in [0.2, 0.25) is 0 Å². The van der Waals surface area contributed by atoms with Crippen LogP contribution >= 0.6 is 0 Å². The summed E-state index contributed by atoms with van der Waals surface area (Å²) in [4.78, 5) is 24.3. The average Bonchev–Trinajstić information content (AvgIpc) is 3.04. The number of hydrogen-bond donors (Lipinski definition) is 3. The largest absolute Gasteiger partial charge is 0.383 e. The first-order valence-electron chi connectivity index (χ1n) is 9.40. The number of anilines is 1. The lowest BCUT2D eigenvalue weighted by Crippen LogP contribution is -2.23. The van der Waals surface area contributed by atoms with Gasteiger partial charge in [0.25, 0.3) is 11.8 Å². The summed E-state index contributed by atoms with van der Waals surface area (Å²) in [6.45, 7) is 6.15. The van der Waals surface area contributed by atoms with Gasteiger partial charge >= 0.3 is 0 Å². The summed E-state index contributed by atoms with van der Waals surface area (Å²) in [7, 11) is 0. The fourth-order valence-electron chi connectivity index (χ4n) is 3.17. The smallest absolute Gasteiger partial charge is 0.254 e. The summed E-state index contributed by atoms with van der Waals surface area (Å²) in [5.74, 6) is -0.470. The van der Waals surface area contributed by atoms with Crippen molar-refractivity contribution in [2.24, 2.45) is 5.73 Å². The molecule has 5 N–H and O–H groups in total. The number of carbonyl (C=O) groups excluding carboxylic acids is 2. The Labute approximate surface area is 169 Å². The number of aryl methyl sites for hydroxylation is 1.